The Morgan fingerprint density at radius 1 is 1.33 bits per heavy atom. The molecule has 0 aromatic heterocycles. The van der Waals surface area contributed by atoms with Gasteiger partial charge in [0.2, 0.25) is 0 Å². The van der Waals surface area contributed by atoms with Gasteiger partial charge in [0.25, 0.3) is 0 Å². The fourth-order valence-corrected chi connectivity index (χ4v) is 2.72. The average molecular weight is 211 g/mol. The molecule has 3 nitrogen and oxygen atoms in total. The predicted octanol–water partition coefficient (Wildman–Crippen LogP) is 0.764. The second-order valence-corrected chi connectivity index (χ2v) is 5.76. The first-order valence-corrected chi connectivity index (χ1v) is 6.25. The van der Waals surface area contributed by atoms with Gasteiger partial charge in [-0.2, -0.15) is 0 Å². The van der Waals surface area contributed by atoms with Gasteiger partial charge in [-0.3, -0.25) is 9.80 Å². The summed E-state index contributed by atoms with van der Waals surface area (Å²) in [7, 11) is 2.24. The van der Waals surface area contributed by atoms with Crippen molar-refractivity contribution in [2.24, 2.45) is 0 Å². The molecule has 0 saturated carbocycles. The van der Waals surface area contributed by atoms with Gasteiger partial charge in [-0.15, -0.1) is 0 Å². The molecule has 0 aliphatic carbocycles. The van der Waals surface area contributed by atoms with Gasteiger partial charge in [0.05, 0.1) is 0 Å². The molecule has 1 atom stereocenters. The molecule has 15 heavy (non-hydrogen) atoms. The standard InChI is InChI=1S/C12H25N3/c1-12(2)10-15(8-7-14(12)3)9-11-5-4-6-13-11/h11,13H,4-10H2,1-3H3/t11-/m1/s1. The second-order valence-electron chi connectivity index (χ2n) is 5.76. The monoisotopic (exact) mass is 211 g/mol. The average Bonchev–Trinajstić information content (AvgIpc) is 2.63. The van der Waals surface area contributed by atoms with Crippen LogP contribution in [0.15, 0.2) is 0 Å². The Balaban J connectivity index is 1.83. The molecule has 2 rings (SSSR count). The van der Waals surface area contributed by atoms with Crippen LogP contribution in [0.5, 0.6) is 0 Å². The molecule has 0 aromatic carbocycles. The highest BCUT2D eigenvalue weighted by atomic mass is 15.3. The normalized spacial score (nSPS) is 33.4. The van der Waals surface area contributed by atoms with Crippen LogP contribution in [-0.4, -0.2) is 61.2 Å². The molecule has 2 saturated heterocycles. The molecular weight excluding hydrogens is 186 g/mol. The third kappa shape index (κ3) is 2.71. The van der Waals surface area contributed by atoms with Crippen molar-refractivity contribution in [1.82, 2.24) is 15.1 Å². The number of piperazine rings is 1. The van der Waals surface area contributed by atoms with Crippen molar-refractivity contribution in [3.63, 3.8) is 0 Å². The van der Waals surface area contributed by atoms with Crippen LogP contribution in [0, 0.1) is 0 Å². The highest BCUT2D eigenvalue weighted by molar-refractivity contribution is 4.90. The zero-order valence-electron chi connectivity index (χ0n) is 10.4. The lowest BCUT2D eigenvalue weighted by Crippen LogP contribution is -2.59. The molecule has 88 valence electrons. The molecule has 0 bridgehead atoms. The molecule has 0 spiro atoms. The van der Waals surface area contributed by atoms with Gasteiger partial charge in [-0.05, 0) is 40.3 Å². The number of rotatable bonds is 2. The lowest BCUT2D eigenvalue weighted by molar-refractivity contribution is 0.0363. The van der Waals surface area contributed by atoms with E-state index in [0.717, 1.165) is 6.04 Å². The van der Waals surface area contributed by atoms with Gasteiger partial charge < -0.3 is 5.32 Å². The van der Waals surface area contributed by atoms with E-state index in [4.69, 9.17) is 0 Å². The smallest absolute Gasteiger partial charge is 0.0277 e. The largest absolute Gasteiger partial charge is 0.313 e. The van der Waals surface area contributed by atoms with Crippen molar-refractivity contribution in [2.75, 3.05) is 39.8 Å². The first-order valence-electron chi connectivity index (χ1n) is 6.25. The Labute approximate surface area is 93.8 Å². The second kappa shape index (κ2) is 4.40. The van der Waals surface area contributed by atoms with Crippen molar-refractivity contribution in [1.29, 1.82) is 0 Å². The molecule has 0 aromatic rings. The van der Waals surface area contributed by atoms with Crippen molar-refractivity contribution >= 4 is 0 Å². The summed E-state index contributed by atoms with van der Waals surface area (Å²) in [5, 5.41) is 3.59. The Morgan fingerprint density at radius 2 is 2.13 bits per heavy atom. The predicted molar refractivity (Wildman–Crippen MR) is 64.2 cm³/mol. The summed E-state index contributed by atoms with van der Waals surface area (Å²) in [4.78, 5) is 5.11. The van der Waals surface area contributed by atoms with E-state index in [0.29, 0.717) is 5.54 Å². The molecule has 1 N–H and O–H groups in total. The van der Waals surface area contributed by atoms with Gasteiger partial charge >= 0.3 is 0 Å². The summed E-state index contributed by atoms with van der Waals surface area (Å²) < 4.78 is 0. The summed E-state index contributed by atoms with van der Waals surface area (Å²) in [5.41, 5.74) is 0.344. The number of hydrogen-bond acceptors (Lipinski definition) is 3. The van der Waals surface area contributed by atoms with Gasteiger partial charge in [0.1, 0.15) is 0 Å². The van der Waals surface area contributed by atoms with Crippen molar-refractivity contribution in [3.05, 3.63) is 0 Å². The van der Waals surface area contributed by atoms with E-state index in [-0.39, 0.29) is 0 Å². The van der Waals surface area contributed by atoms with Gasteiger partial charge in [-0.25, -0.2) is 0 Å². The van der Waals surface area contributed by atoms with Crippen LogP contribution in [0.3, 0.4) is 0 Å². The minimum Gasteiger partial charge on any atom is -0.313 e. The van der Waals surface area contributed by atoms with Gasteiger partial charge in [0.15, 0.2) is 0 Å². The zero-order chi connectivity index (χ0) is 10.9. The number of likely N-dealkylation sites (N-methyl/N-ethyl adjacent to an activating group) is 1. The number of hydrogen-bond donors (Lipinski definition) is 1. The van der Waals surface area contributed by atoms with Crippen molar-refractivity contribution < 1.29 is 0 Å². The summed E-state index contributed by atoms with van der Waals surface area (Å²) in [6.07, 6.45) is 2.73. The van der Waals surface area contributed by atoms with Crippen molar-refractivity contribution in [2.45, 2.75) is 38.3 Å². The van der Waals surface area contributed by atoms with E-state index in [1.807, 2.05) is 0 Å². The third-order valence-corrected chi connectivity index (χ3v) is 4.04. The summed E-state index contributed by atoms with van der Waals surface area (Å²) >= 11 is 0. The quantitative estimate of drug-likeness (QED) is 0.728. The Hall–Kier alpha value is -0.120. The molecule has 2 heterocycles. The van der Waals surface area contributed by atoms with E-state index < -0.39 is 0 Å². The highest BCUT2D eigenvalue weighted by Gasteiger charge is 2.32. The van der Waals surface area contributed by atoms with Crippen LogP contribution < -0.4 is 5.32 Å². The minimum atomic E-state index is 0.344. The summed E-state index contributed by atoms with van der Waals surface area (Å²) in [6.45, 7) is 10.8. The van der Waals surface area contributed by atoms with Crippen LogP contribution in [0.2, 0.25) is 0 Å². The Kier molecular flexibility index (Phi) is 3.33. The first kappa shape index (κ1) is 11.4. The SMILES string of the molecule is CN1CCN(C[C@H]2CCCN2)CC1(C)C. The molecular formula is C12H25N3. The Morgan fingerprint density at radius 3 is 2.73 bits per heavy atom. The van der Waals surface area contributed by atoms with Crippen LogP contribution in [0.25, 0.3) is 0 Å². The fraction of sp³-hybridized carbons (Fsp3) is 1.00. The third-order valence-electron chi connectivity index (χ3n) is 4.04. The van der Waals surface area contributed by atoms with Crippen LogP contribution in [0.4, 0.5) is 0 Å². The highest BCUT2D eigenvalue weighted by Crippen LogP contribution is 2.19. The maximum absolute atomic E-state index is 3.59. The molecule has 3 heteroatoms. The molecule has 2 aliphatic heterocycles. The molecule has 0 unspecified atom stereocenters. The Bertz CT molecular complexity index is 209. The van der Waals surface area contributed by atoms with E-state index in [2.05, 4.69) is 36.0 Å². The first-order chi connectivity index (χ1) is 7.08. The topological polar surface area (TPSA) is 18.5 Å². The van der Waals surface area contributed by atoms with E-state index in [9.17, 15) is 0 Å². The van der Waals surface area contributed by atoms with E-state index in [1.165, 1.54) is 45.6 Å². The lowest BCUT2D eigenvalue weighted by Gasteiger charge is -2.46. The zero-order valence-corrected chi connectivity index (χ0v) is 10.4. The van der Waals surface area contributed by atoms with Gasteiger partial charge in [-0.1, -0.05) is 0 Å². The van der Waals surface area contributed by atoms with Crippen LogP contribution in [-0.2, 0) is 0 Å². The minimum absolute atomic E-state index is 0.344. The van der Waals surface area contributed by atoms with Crippen LogP contribution in [0.1, 0.15) is 26.7 Å². The summed E-state index contributed by atoms with van der Waals surface area (Å²) in [6, 6.07) is 0.754. The molecule has 0 radical (unpaired) electrons. The summed E-state index contributed by atoms with van der Waals surface area (Å²) in [5.74, 6) is 0. The molecule has 2 fully saturated rings. The fourth-order valence-electron chi connectivity index (χ4n) is 2.72. The number of nitrogens with one attached hydrogen (secondary N) is 1. The maximum Gasteiger partial charge on any atom is 0.0277 e. The lowest BCUT2D eigenvalue weighted by atomic mass is 9.99. The molecule has 0 amide bonds. The van der Waals surface area contributed by atoms with E-state index in [1.54, 1.807) is 0 Å². The maximum atomic E-state index is 3.59. The number of nitrogens with zero attached hydrogens (tertiary/aromatic N) is 2. The van der Waals surface area contributed by atoms with Gasteiger partial charge in [0, 0.05) is 37.8 Å². The molecule has 2 aliphatic rings. The van der Waals surface area contributed by atoms with E-state index >= 15 is 0 Å². The van der Waals surface area contributed by atoms with Crippen LogP contribution >= 0.6 is 0 Å². The van der Waals surface area contributed by atoms with Crippen molar-refractivity contribution in [3.8, 4) is 0 Å².